The highest BCUT2D eigenvalue weighted by Crippen LogP contribution is 2.16. The molecule has 2 aromatic rings. The molecule has 0 radical (unpaired) electrons. The summed E-state index contributed by atoms with van der Waals surface area (Å²) < 4.78 is 7.57. The molecule has 1 fully saturated rings. The smallest absolute Gasteiger partial charge is 0.407 e. The zero-order valence-corrected chi connectivity index (χ0v) is 9.70. The van der Waals surface area contributed by atoms with Gasteiger partial charge in [0.15, 0.2) is 0 Å². The largest absolute Gasteiger partial charge is 0.442 e. The van der Waals surface area contributed by atoms with E-state index in [2.05, 4.69) is 5.32 Å². The van der Waals surface area contributed by atoms with Crippen molar-refractivity contribution in [2.75, 3.05) is 6.54 Å². The van der Waals surface area contributed by atoms with Crippen LogP contribution in [0.25, 0.3) is 10.1 Å². The van der Waals surface area contributed by atoms with E-state index in [1.54, 1.807) is 22.1 Å². The molecule has 1 aliphatic heterocycles. The van der Waals surface area contributed by atoms with Crippen LogP contribution in [0.15, 0.2) is 28.5 Å². The monoisotopic (exact) mass is 250 g/mol. The Morgan fingerprint density at radius 1 is 1.47 bits per heavy atom. The number of pyridine rings is 1. The molecule has 1 N–H and O–H groups in total. The number of hydrogen-bond acceptors (Lipinski definition) is 4. The maximum atomic E-state index is 12.1. The van der Waals surface area contributed by atoms with Crippen LogP contribution in [0, 0.1) is 0 Å². The fraction of sp³-hybridized carbons (Fsp3) is 0.273. The lowest BCUT2D eigenvalue weighted by molar-refractivity contribution is 0.130. The number of nitrogens with zero attached hydrogens (tertiary/aromatic N) is 1. The molecule has 2 aromatic heterocycles. The van der Waals surface area contributed by atoms with Crippen molar-refractivity contribution in [2.45, 2.75) is 12.6 Å². The van der Waals surface area contributed by atoms with Gasteiger partial charge in [-0.1, -0.05) is 0 Å². The topological polar surface area (TPSA) is 60.3 Å². The Hall–Kier alpha value is -1.82. The van der Waals surface area contributed by atoms with Crippen molar-refractivity contribution in [3.8, 4) is 0 Å². The maximum Gasteiger partial charge on any atom is 0.407 e. The van der Waals surface area contributed by atoms with Crippen molar-refractivity contribution in [1.82, 2.24) is 9.88 Å². The molecule has 0 saturated carbocycles. The molecule has 1 atom stereocenters. The third kappa shape index (κ3) is 1.80. The standard InChI is InChI=1S/C11H10N2O3S/c14-10-8-2-4-17-9(8)1-3-13(10)6-7-5-12-11(15)16-7/h1-4,7H,5-6H2,(H,12,15). The van der Waals surface area contributed by atoms with E-state index in [1.807, 2.05) is 17.5 Å². The lowest BCUT2D eigenvalue weighted by Crippen LogP contribution is -2.28. The number of thiophene rings is 1. The molecule has 6 heteroatoms. The van der Waals surface area contributed by atoms with Gasteiger partial charge in [-0.15, -0.1) is 11.3 Å². The van der Waals surface area contributed by atoms with E-state index in [9.17, 15) is 9.59 Å². The second kappa shape index (κ2) is 3.89. The molecule has 1 unspecified atom stereocenters. The molecule has 1 amide bonds. The van der Waals surface area contributed by atoms with E-state index in [-0.39, 0.29) is 11.7 Å². The van der Waals surface area contributed by atoms with E-state index < -0.39 is 6.09 Å². The summed E-state index contributed by atoms with van der Waals surface area (Å²) in [5.41, 5.74) is -0.0355. The molecular formula is C11H10N2O3S. The highest BCUT2D eigenvalue weighted by molar-refractivity contribution is 7.17. The number of carbonyl (C=O) groups is 1. The van der Waals surface area contributed by atoms with Gasteiger partial charge >= 0.3 is 6.09 Å². The van der Waals surface area contributed by atoms with Crippen LogP contribution in [-0.2, 0) is 11.3 Å². The Bertz CT molecular complexity index is 631. The second-order valence-electron chi connectivity index (χ2n) is 3.88. The minimum Gasteiger partial charge on any atom is -0.442 e. The summed E-state index contributed by atoms with van der Waals surface area (Å²) in [7, 11) is 0. The molecule has 1 aliphatic rings. The van der Waals surface area contributed by atoms with Gasteiger partial charge in [0.1, 0.15) is 6.10 Å². The minimum absolute atomic E-state index is 0.0355. The van der Waals surface area contributed by atoms with Crippen molar-refractivity contribution in [1.29, 1.82) is 0 Å². The summed E-state index contributed by atoms with van der Waals surface area (Å²) >= 11 is 1.54. The van der Waals surface area contributed by atoms with Gasteiger partial charge in [-0.3, -0.25) is 4.79 Å². The van der Waals surface area contributed by atoms with Crippen molar-refractivity contribution in [3.63, 3.8) is 0 Å². The van der Waals surface area contributed by atoms with E-state index in [1.165, 1.54) is 0 Å². The summed E-state index contributed by atoms with van der Waals surface area (Å²) in [5, 5.41) is 5.18. The molecule has 3 heterocycles. The fourth-order valence-corrected chi connectivity index (χ4v) is 2.68. The van der Waals surface area contributed by atoms with Gasteiger partial charge in [-0.2, -0.15) is 0 Å². The molecule has 0 aliphatic carbocycles. The molecule has 17 heavy (non-hydrogen) atoms. The molecule has 88 valence electrons. The van der Waals surface area contributed by atoms with Crippen LogP contribution in [0.4, 0.5) is 4.79 Å². The average molecular weight is 250 g/mol. The Morgan fingerprint density at radius 3 is 3.12 bits per heavy atom. The molecular weight excluding hydrogens is 240 g/mol. The second-order valence-corrected chi connectivity index (χ2v) is 4.83. The first kappa shape index (κ1) is 10.3. The highest BCUT2D eigenvalue weighted by atomic mass is 32.1. The van der Waals surface area contributed by atoms with Crippen molar-refractivity contribution < 1.29 is 9.53 Å². The van der Waals surface area contributed by atoms with Crippen LogP contribution in [0.1, 0.15) is 0 Å². The number of aromatic nitrogens is 1. The molecule has 0 aromatic carbocycles. The number of amides is 1. The predicted octanol–water partition coefficient (Wildman–Crippen LogP) is 1.17. The van der Waals surface area contributed by atoms with E-state index in [4.69, 9.17) is 4.74 Å². The van der Waals surface area contributed by atoms with Gasteiger partial charge in [0.05, 0.1) is 18.5 Å². The molecule has 3 rings (SSSR count). The summed E-state index contributed by atoms with van der Waals surface area (Å²) in [4.78, 5) is 22.9. The zero-order valence-electron chi connectivity index (χ0n) is 8.88. The summed E-state index contributed by atoms with van der Waals surface area (Å²) in [6.07, 6.45) is 1.06. The zero-order chi connectivity index (χ0) is 11.8. The number of nitrogens with one attached hydrogen (secondary N) is 1. The van der Waals surface area contributed by atoms with Gasteiger partial charge in [0, 0.05) is 10.9 Å². The predicted molar refractivity (Wildman–Crippen MR) is 64.4 cm³/mol. The van der Waals surface area contributed by atoms with Crippen LogP contribution >= 0.6 is 11.3 Å². The van der Waals surface area contributed by atoms with E-state index in [0.29, 0.717) is 13.1 Å². The molecule has 1 saturated heterocycles. The average Bonchev–Trinajstić information content (AvgIpc) is 2.92. The third-order valence-electron chi connectivity index (χ3n) is 2.74. The lowest BCUT2D eigenvalue weighted by Gasteiger charge is -2.10. The van der Waals surface area contributed by atoms with Crippen molar-refractivity contribution >= 4 is 27.5 Å². The quantitative estimate of drug-likeness (QED) is 0.870. The van der Waals surface area contributed by atoms with E-state index >= 15 is 0 Å². The highest BCUT2D eigenvalue weighted by Gasteiger charge is 2.23. The minimum atomic E-state index is -0.417. The fourth-order valence-electron chi connectivity index (χ4n) is 1.90. The van der Waals surface area contributed by atoms with Crippen LogP contribution in [-0.4, -0.2) is 23.3 Å². The SMILES string of the molecule is O=C1NCC(Cn2ccc3sccc3c2=O)O1. The molecule has 5 nitrogen and oxygen atoms in total. The van der Waals surface area contributed by atoms with Crippen molar-refractivity contribution in [2.24, 2.45) is 0 Å². The van der Waals surface area contributed by atoms with Crippen molar-refractivity contribution in [3.05, 3.63) is 34.1 Å². The van der Waals surface area contributed by atoms with Crippen LogP contribution in [0.2, 0.25) is 0 Å². The van der Waals surface area contributed by atoms with Gasteiger partial charge in [0.25, 0.3) is 5.56 Å². The number of fused-ring (bicyclic) bond motifs is 1. The Labute approximate surface area is 101 Å². The van der Waals surface area contributed by atoms with Crippen LogP contribution in [0.5, 0.6) is 0 Å². The first-order valence-corrected chi connectivity index (χ1v) is 6.13. The number of hydrogen-bond donors (Lipinski definition) is 1. The van der Waals surface area contributed by atoms with Gasteiger partial charge in [0.2, 0.25) is 0 Å². The third-order valence-corrected chi connectivity index (χ3v) is 3.62. The summed E-state index contributed by atoms with van der Waals surface area (Å²) in [5.74, 6) is 0. The van der Waals surface area contributed by atoms with E-state index in [0.717, 1.165) is 10.1 Å². The Balaban J connectivity index is 1.92. The van der Waals surface area contributed by atoms with Gasteiger partial charge in [-0.25, -0.2) is 4.79 Å². The number of alkyl carbamates (subject to hydrolysis) is 1. The summed E-state index contributed by atoms with van der Waals surface area (Å²) in [6.45, 7) is 0.844. The molecule has 0 spiro atoms. The van der Waals surface area contributed by atoms with Crippen LogP contribution in [0.3, 0.4) is 0 Å². The Morgan fingerprint density at radius 2 is 2.35 bits per heavy atom. The lowest BCUT2D eigenvalue weighted by atomic mass is 10.3. The molecule has 0 bridgehead atoms. The summed E-state index contributed by atoms with van der Waals surface area (Å²) in [6, 6.07) is 3.73. The number of carbonyl (C=O) groups excluding carboxylic acids is 1. The maximum absolute atomic E-state index is 12.1. The first-order chi connectivity index (χ1) is 8.24. The van der Waals surface area contributed by atoms with Crippen LogP contribution < -0.4 is 10.9 Å². The first-order valence-electron chi connectivity index (χ1n) is 5.25. The number of rotatable bonds is 2. The normalized spacial score (nSPS) is 19.3. The number of cyclic esters (lactones) is 1. The van der Waals surface area contributed by atoms with Gasteiger partial charge in [-0.05, 0) is 17.5 Å². The Kier molecular flexibility index (Phi) is 2.36. The van der Waals surface area contributed by atoms with Gasteiger partial charge < -0.3 is 14.6 Å². The number of ether oxygens (including phenoxy) is 1.